The topological polar surface area (TPSA) is 63.6 Å². The van der Waals surface area contributed by atoms with Crippen molar-refractivity contribution in [1.82, 2.24) is 0 Å². The van der Waals surface area contributed by atoms with Gasteiger partial charge >= 0.3 is 11.9 Å². The average Bonchev–Trinajstić information content (AvgIpc) is 2.90. The lowest BCUT2D eigenvalue weighted by molar-refractivity contribution is -0.0361. The van der Waals surface area contributed by atoms with Gasteiger partial charge in [0.2, 0.25) is 0 Å². The van der Waals surface area contributed by atoms with Gasteiger partial charge in [-0.15, -0.1) is 0 Å². The Bertz CT molecular complexity index is 669. The molecule has 0 spiro atoms. The number of carbonyl (C=O) groups excluding carboxylic acids is 1. The predicted molar refractivity (Wildman–Crippen MR) is 156 cm³/mol. The van der Waals surface area contributed by atoms with Gasteiger partial charge in [0.1, 0.15) is 5.60 Å². The first-order valence-corrected chi connectivity index (χ1v) is 15.5. The average molecular weight is 517 g/mol. The maximum absolute atomic E-state index is 13.3. The number of unbranched alkanes of at least 4 members (excludes halogenated alkanes) is 15. The molecule has 1 N–H and O–H groups in total. The number of ether oxygens (including phenoxy) is 1. The van der Waals surface area contributed by atoms with Crippen LogP contribution in [-0.4, -0.2) is 22.6 Å². The van der Waals surface area contributed by atoms with E-state index in [-0.39, 0.29) is 11.5 Å². The molecule has 37 heavy (non-hydrogen) atoms. The van der Waals surface area contributed by atoms with Crippen LogP contribution in [0.1, 0.15) is 176 Å². The second-order valence-corrected chi connectivity index (χ2v) is 11.0. The van der Waals surface area contributed by atoms with Gasteiger partial charge in [0.05, 0.1) is 11.1 Å². The van der Waals surface area contributed by atoms with Crippen LogP contribution in [0.25, 0.3) is 0 Å². The zero-order chi connectivity index (χ0) is 27.2. The van der Waals surface area contributed by atoms with Crippen LogP contribution in [0, 0.1) is 0 Å². The highest BCUT2D eigenvalue weighted by atomic mass is 16.6. The van der Waals surface area contributed by atoms with Crippen LogP contribution in [0.4, 0.5) is 0 Å². The normalized spacial score (nSPS) is 11.5. The molecule has 4 heteroatoms. The summed E-state index contributed by atoms with van der Waals surface area (Å²) in [6.07, 6.45) is 24.9. The van der Waals surface area contributed by atoms with E-state index in [4.69, 9.17) is 4.74 Å². The Morgan fingerprint density at radius 3 is 1.24 bits per heavy atom. The maximum Gasteiger partial charge on any atom is 0.338 e. The molecule has 0 aliphatic carbocycles. The molecule has 212 valence electrons. The number of carboxylic acid groups (broad SMARTS) is 1. The van der Waals surface area contributed by atoms with Crippen LogP contribution in [0.5, 0.6) is 0 Å². The van der Waals surface area contributed by atoms with Crippen LogP contribution in [0.3, 0.4) is 0 Å². The molecular formula is C33H56O4. The monoisotopic (exact) mass is 516 g/mol. The van der Waals surface area contributed by atoms with E-state index in [0.29, 0.717) is 5.56 Å². The van der Waals surface area contributed by atoms with Gasteiger partial charge in [-0.2, -0.15) is 0 Å². The van der Waals surface area contributed by atoms with Gasteiger partial charge in [-0.1, -0.05) is 117 Å². The summed E-state index contributed by atoms with van der Waals surface area (Å²) < 4.78 is 6.42. The summed E-state index contributed by atoms with van der Waals surface area (Å²) in [6.45, 7) is 6.73. The van der Waals surface area contributed by atoms with E-state index in [0.717, 1.165) is 38.5 Å². The number of esters is 1. The highest BCUT2D eigenvalue weighted by Gasteiger charge is 2.33. The lowest BCUT2D eigenvalue weighted by Crippen LogP contribution is -2.35. The van der Waals surface area contributed by atoms with Crippen molar-refractivity contribution in [3.63, 3.8) is 0 Å². The third-order valence-electron chi connectivity index (χ3n) is 7.63. The fraction of sp³-hybridized carbons (Fsp3) is 0.758. The standard InChI is InChI=1S/C33H56O4/c1-4-7-10-13-16-19-26-33(27-20-17-14-11-8-5-2,28-21-18-15-12-9-6-3)37-32(36)30-24-22-29(23-25-30)31(34)35/h22-25H,4-21,26-28H2,1-3H3,(H,34,35). The first-order chi connectivity index (χ1) is 18.0. The summed E-state index contributed by atoms with van der Waals surface area (Å²) in [5.74, 6) is -1.29. The van der Waals surface area contributed by atoms with Crippen molar-refractivity contribution in [3.05, 3.63) is 35.4 Å². The van der Waals surface area contributed by atoms with Gasteiger partial charge in [0.15, 0.2) is 0 Å². The molecule has 1 aromatic carbocycles. The molecule has 0 amide bonds. The molecule has 0 saturated heterocycles. The molecule has 1 rings (SSSR count). The number of hydrogen-bond donors (Lipinski definition) is 1. The molecule has 0 saturated carbocycles. The highest BCUT2D eigenvalue weighted by molar-refractivity contribution is 5.92. The van der Waals surface area contributed by atoms with Crippen molar-refractivity contribution >= 4 is 11.9 Å². The number of carbonyl (C=O) groups is 2. The van der Waals surface area contributed by atoms with Gasteiger partial charge < -0.3 is 9.84 Å². The molecule has 0 bridgehead atoms. The van der Waals surface area contributed by atoms with Crippen molar-refractivity contribution in [3.8, 4) is 0 Å². The number of carboxylic acids is 1. The van der Waals surface area contributed by atoms with Crippen LogP contribution < -0.4 is 0 Å². The van der Waals surface area contributed by atoms with Crippen molar-refractivity contribution in [2.24, 2.45) is 0 Å². The fourth-order valence-corrected chi connectivity index (χ4v) is 5.22. The Morgan fingerprint density at radius 1 is 0.568 bits per heavy atom. The van der Waals surface area contributed by atoms with Crippen molar-refractivity contribution in [1.29, 1.82) is 0 Å². The predicted octanol–water partition coefficient (Wildman–Crippen LogP) is 10.5. The lowest BCUT2D eigenvalue weighted by atomic mass is 9.84. The second kappa shape index (κ2) is 21.1. The van der Waals surface area contributed by atoms with Crippen LogP contribution in [0.15, 0.2) is 24.3 Å². The minimum Gasteiger partial charge on any atom is -0.478 e. The number of aromatic carboxylic acids is 1. The molecule has 0 heterocycles. The van der Waals surface area contributed by atoms with Crippen molar-refractivity contribution in [2.75, 3.05) is 0 Å². The third-order valence-corrected chi connectivity index (χ3v) is 7.63. The van der Waals surface area contributed by atoms with Gasteiger partial charge in [-0.05, 0) is 62.8 Å². The summed E-state index contributed by atoms with van der Waals surface area (Å²) in [5, 5.41) is 9.21. The SMILES string of the molecule is CCCCCCCCC(CCCCCCCC)(CCCCCCCC)OC(=O)c1ccc(C(=O)O)cc1. The Balaban J connectivity index is 2.92. The number of hydrogen-bond acceptors (Lipinski definition) is 3. The largest absolute Gasteiger partial charge is 0.478 e. The Labute approximate surface area is 228 Å². The van der Waals surface area contributed by atoms with E-state index >= 15 is 0 Å². The zero-order valence-electron chi connectivity index (χ0n) is 24.3. The summed E-state index contributed by atoms with van der Waals surface area (Å²) in [7, 11) is 0. The Hall–Kier alpha value is -1.84. The van der Waals surface area contributed by atoms with Gasteiger partial charge in [0.25, 0.3) is 0 Å². The second-order valence-electron chi connectivity index (χ2n) is 11.0. The molecule has 0 atom stereocenters. The summed E-state index contributed by atoms with van der Waals surface area (Å²) in [5.41, 5.74) is 0.222. The third kappa shape index (κ3) is 15.2. The summed E-state index contributed by atoms with van der Waals surface area (Å²) in [4.78, 5) is 24.5. The van der Waals surface area contributed by atoms with Gasteiger partial charge in [-0.3, -0.25) is 0 Å². The van der Waals surface area contributed by atoms with Crippen molar-refractivity contribution in [2.45, 2.75) is 161 Å². The number of rotatable bonds is 24. The number of benzene rings is 1. The minimum absolute atomic E-state index is 0.189. The van der Waals surface area contributed by atoms with E-state index in [1.165, 1.54) is 108 Å². The molecular weight excluding hydrogens is 460 g/mol. The summed E-state index contributed by atoms with van der Waals surface area (Å²) in [6, 6.07) is 6.18. The lowest BCUT2D eigenvalue weighted by Gasteiger charge is -2.34. The molecule has 0 aliphatic heterocycles. The van der Waals surface area contributed by atoms with E-state index < -0.39 is 11.6 Å². The minimum atomic E-state index is -0.983. The van der Waals surface area contributed by atoms with Crippen LogP contribution in [0.2, 0.25) is 0 Å². The van der Waals surface area contributed by atoms with E-state index in [1.54, 1.807) is 12.1 Å². The van der Waals surface area contributed by atoms with Gasteiger partial charge in [0, 0.05) is 0 Å². The van der Waals surface area contributed by atoms with E-state index in [1.807, 2.05) is 0 Å². The molecule has 0 unspecified atom stereocenters. The van der Waals surface area contributed by atoms with E-state index in [2.05, 4.69) is 20.8 Å². The zero-order valence-corrected chi connectivity index (χ0v) is 24.3. The highest BCUT2D eigenvalue weighted by Crippen LogP contribution is 2.34. The molecule has 0 radical (unpaired) electrons. The van der Waals surface area contributed by atoms with Crippen LogP contribution >= 0.6 is 0 Å². The smallest absolute Gasteiger partial charge is 0.338 e. The van der Waals surface area contributed by atoms with Crippen molar-refractivity contribution < 1.29 is 19.4 Å². The first kappa shape index (κ1) is 33.2. The van der Waals surface area contributed by atoms with Gasteiger partial charge in [-0.25, -0.2) is 9.59 Å². The molecule has 0 fully saturated rings. The molecule has 4 nitrogen and oxygen atoms in total. The molecule has 0 aromatic heterocycles. The first-order valence-electron chi connectivity index (χ1n) is 15.5. The van der Waals surface area contributed by atoms with E-state index in [9.17, 15) is 14.7 Å². The molecule has 1 aromatic rings. The fourth-order valence-electron chi connectivity index (χ4n) is 5.22. The quantitative estimate of drug-likeness (QED) is 0.110. The summed E-state index contributed by atoms with van der Waals surface area (Å²) >= 11 is 0. The van der Waals surface area contributed by atoms with Crippen LogP contribution in [-0.2, 0) is 4.74 Å². The molecule has 0 aliphatic rings. The Morgan fingerprint density at radius 2 is 0.892 bits per heavy atom. The Kier molecular flexibility index (Phi) is 19.0. The maximum atomic E-state index is 13.3.